The molecule has 2 aromatic rings. The summed E-state index contributed by atoms with van der Waals surface area (Å²) in [6.07, 6.45) is 3.01. The first-order valence-electron chi connectivity index (χ1n) is 8.63. The van der Waals surface area contributed by atoms with Crippen molar-refractivity contribution in [2.75, 3.05) is 19.5 Å². The number of ketones is 1. The number of ether oxygens (including phenoxy) is 1. The first kappa shape index (κ1) is 22.6. The average Bonchev–Trinajstić information content (AvgIpc) is 2.63. The molecule has 0 unspecified atom stereocenters. The molecule has 27 heavy (non-hydrogen) atoms. The Bertz CT molecular complexity index is 840. The Morgan fingerprint density at radius 2 is 1.67 bits per heavy atom. The van der Waals surface area contributed by atoms with Gasteiger partial charge < -0.3 is 8.92 Å². The molecule has 5 nitrogen and oxygen atoms in total. The smallest absolute Gasteiger partial charge is 0.306 e. The molecule has 0 amide bonds. The maximum Gasteiger partial charge on any atom is 0.306 e. The van der Waals surface area contributed by atoms with Crippen molar-refractivity contribution < 1.29 is 22.1 Å². The van der Waals surface area contributed by atoms with E-state index in [0.29, 0.717) is 23.1 Å². The Morgan fingerprint density at radius 1 is 1.04 bits per heavy atom. The van der Waals surface area contributed by atoms with Gasteiger partial charge in [0.05, 0.1) is 6.26 Å². The highest BCUT2D eigenvalue weighted by molar-refractivity contribution is 7.86. The minimum absolute atomic E-state index is 0.128. The van der Waals surface area contributed by atoms with Crippen LogP contribution in [0.25, 0.3) is 0 Å². The highest BCUT2D eigenvalue weighted by Gasteiger charge is 2.14. The molecule has 2 aromatic carbocycles. The molecule has 0 heterocycles. The normalized spacial score (nSPS) is 10.5. The molecule has 0 aliphatic heterocycles. The predicted octanol–water partition coefficient (Wildman–Crippen LogP) is 4.03. The second-order valence-electron chi connectivity index (χ2n) is 5.58. The molecule has 0 fully saturated rings. The van der Waals surface area contributed by atoms with Crippen LogP contribution in [-0.4, -0.2) is 33.7 Å². The molecule has 0 saturated heterocycles. The SMILES string of the molecule is C=CCc1cc(C(=O)c2ccccc2)ccc1OS(C)(=O)=O.CCOCC. The lowest BCUT2D eigenvalue weighted by atomic mass is 10.00. The maximum absolute atomic E-state index is 12.4. The Kier molecular flexibility index (Phi) is 9.47. The average molecular weight is 391 g/mol. The van der Waals surface area contributed by atoms with Crippen LogP contribution in [0.4, 0.5) is 0 Å². The Hall–Kier alpha value is -2.44. The molecular formula is C21H26O5S. The third-order valence-corrected chi connectivity index (χ3v) is 3.85. The van der Waals surface area contributed by atoms with Crippen molar-refractivity contribution in [2.45, 2.75) is 20.3 Å². The fraction of sp³-hybridized carbons (Fsp3) is 0.286. The van der Waals surface area contributed by atoms with Gasteiger partial charge in [0.15, 0.2) is 5.78 Å². The fourth-order valence-corrected chi connectivity index (χ4v) is 2.73. The topological polar surface area (TPSA) is 69.7 Å². The Morgan fingerprint density at radius 3 is 2.15 bits per heavy atom. The standard InChI is InChI=1S/C17H16O4S.C4H10O/c1-3-7-14-12-15(10-11-16(14)21-22(2,19)20)17(18)13-8-5-4-6-9-13;1-3-5-4-2/h3-6,8-12H,1,7H2,2H3;3-4H2,1-2H3. The quantitative estimate of drug-likeness (QED) is 0.387. The van der Waals surface area contributed by atoms with Crippen LogP contribution in [0, 0.1) is 0 Å². The van der Waals surface area contributed by atoms with E-state index in [1.54, 1.807) is 42.5 Å². The molecule has 0 aliphatic rings. The first-order chi connectivity index (χ1) is 12.8. The second kappa shape index (κ2) is 11.3. The first-order valence-corrected chi connectivity index (χ1v) is 10.4. The van der Waals surface area contributed by atoms with Gasteiger partial charge in [-0.1, -0.05) is 36.4 Å². The maximum atomic E-state index is 12.4. The lowest BCUT2D eigenvalue weighted by molar-refractivity contribution is 0.103. The zero-order valence-corrected chi connectivity index (χ0v) is 16.8. The largest absolute Gasteiger partial charge is 0.382 e. The number of hydrogen-bond donors (Lipinski definition) is 0. The summed E-state index contributed by atoms with van der Waals surface area (Å²) >= 11 is 0. The third kappa shape index (κ3) is 8.19. The number of hydrogen-bond acceptors (Lipinski definition) is 5. The number of allylic oxidation sites excluding steroid dienone is 1. The highest BCUT2D eigenvalue weighted by Crippen LogP contribution is 2.24. The van der Waals surface area contributed by atoms with Crippen LogP contribution >= 0.6 is 0 Å². The zero-order valence-electron chi connectivity index (χ0n) is 16.0. The van der Waals surface area contributed by atoms with E-state index in [9.17, 15) is 13.2 Å². The number of carbonyl (C=O) groups is 1. The van der Waals surface area contributed by atoms with Crippen LogP contribution in [0.5, 0.6) is 5.75 Å². The summed E-state index contributed by atoms with van der Waals surface area (Å²) in [5.41, 5.74) is 1.65. The number of carbonyl (C=O) groups excluding carboxylic acids is 1. The van der Waals surface area contributed by atoms with Crippen molar-refractivity contribution in [1.82, 2.24) is 0 Å². The van der Waals surface area contributed by atoms with E-state index in [2.05, 4.69) is 6.58 Å². The second-order valence-corrected chi connectivity index (χ2v) is 7.15. The van der Waals surface area contributed by atoms with Gasteiger partial charge in [-0.15, -0.1) is 6.58 Å². The molecule has 0 saturated carbocycles. The van der Waals surface area contributed by atoms with Crippen LogP contribution in [-0.2, 0) is 21.3 Å². The van der Waals surface area contributed by atoms with Crippen LogP contribution in [0.1, 0.15) is 35.3 Å². The van der Waals surface area contributed by atoms with Gasteiger partial charge in [-0.3, -0.25) is 4.79 Å². The molecule has 2 rings (SSSR count). The van der Waals surface area contributed by atoms with Crippen LogP contribution in [0.3, 0.4) is 0 Å². The summed E-state index contributed by atoms with van der Waals surface area (Å²) in [6, 6.07) is 13.6. The molecule has 0 spiro atoms. The molecule has 146 valence electrons. The monoisotopic (exact) mass is 390 g/mol. The molecule has 0 bridgehead atoms. The molecular weight excluding hydrogens is 364 g/mol. The fourth-order valence-electron chi connectivity index (χ4n) is 2.24. The van der Waals surface area contributed by atoms with Gasteiger partial charge in [-0.2, -0.15) is 8.42 Å². The van der Waals surface area contributed by atoms with Crippen molar-refractivity contribution in [3.63, 3.8) is 0 Å². The molecule has 0 aromatic heterocycles. The molecule has 0 N–H and O–H groups in total. The van der Waals surface area contributed by atoms with E-state index in [0.717, 1.165) is 19.5 Å². The lowest BCUT2D eigenvalue weighted by Crippen LogP contribution is -2.09. The van der Waals surface area contributed by atoms with Gasteiger partial charge in [0.2, 0.25) is 0 Å². The van der Waals surface area contributed by atoms with Crippen molar-refractivity contribution in [1.29, 1.82) is 0 Å². The van der Waals surface area contributed by atoms with Gasteiger partial charge in [0, 0.05) is 29.9 Å². The van der Waals surface area contributed by atoms with Crippen molar-refractivity contribution in [2.24, 2.45) is 0 Å². The van der Waals surface area contributed by atoms with E-state index >= 15 is 0 Å². The number of rotatable bonds is 8. The van der Waals surface area contributed by atoms with E-state index in [1.165, 1.54) is 6.07 Å². The van der Waals surface area contributed by atoms with Gasteiger partial charge in [0.25, 0.3) is 0 Å². The Balaban J connectivity index is 0.000000646. The van der Waals surface area contributed by atoms with Crippen LogP contribution < -0.4 is 4.18 Å². The molecule has 0 atom stereocenters. The van der Waals surface area contributed by atoms with Gasteiger partial charge in [0.1, 0.15) is 5.75 Å². The van der Waals surface area contributed by atoms with E-state index < -0.39 is 10.1 Å². The van der Waals surface area contributed by atoms with Gasteiger partial charge in [-0.05, 0) is 38.5 Å². The summed E-state index contributed by atoms with van der Waals surface area (Å²) < 4.78 is 32.3. The van der Waals surface area contributed by atoms with Crippen molar-refractivity contribution in [3.8, 4) is 5.75 Å². The van der Waals surface area contributed by atoms with E-state index in [4.69, 9.17) is 8.92 Å². The minimum Gasteiger partial charge on any atom is -0.382 e. The minimum atomic E-state index is -3.62. The summed E-state index contributed by atoms with van der Waals surface area (Å²) in [4.78, 5) is 12.4. The van der Waals surface area contributed by atoms with E-state index in [-0.39, 0.29) is 11.5 Å². The molecule has 0 aliphatic carbocycles. The molecule has 6 heteroatoms. The van der Waals surface area contributed by atoms with Crippen LogP contribution in [0.15, 0.2) is 61.2 Å². The number of benzene rings is 2. The third-order valence-electron chi connectivity index (χ3n) is 3.37. The van der Waals surface area contributed by atoms with Crippen molar-refractivity contribution in [3.05, 3.63) is 77.9 Å². The van der Waals surface area contributed by atoms with Crippen LogP contribution in [0.2, 0.25) is 0 Å². The van der Waals surface area contributed by atoms with E-state index in [1.807, 2.05) is 19.9 Å². The molecule has 0 radical (unpaired) electrons. The van der Waals surface area contributed by atoms with Gasteiger partial charge >= 0.3 is 10.1 Å². The summed E-state index contributed by atoms with van der Waals surface area (Å²) in [5, 5.41) is 0. The van der Waals surface area contributed by atoms with Crippen molar-refractivity contribution >= 4 is 15.9 Å². The summed E-state index contributed by atoms with van der Waals surface area (Å²) in [6.45, 7) is 9.30. The summed E-state index contributed by atoms with van der Waals surface area (Å²) in [7, 11) is -3.62. The Labute approximate surface area is 161 Å². The highest BCUT2D eigenvalue weighted by atomic mass is 32.2. The predicted molar refractivity (Wildman–Crippen MR) is 108 cm³/mol. The lowest BCUT2D eigenvalue weighted by Gasteiger charge is -2.10. The summed E-state index contributed by atoms with van der Waals surface area (Å²) in [5.74, 6) is 0.0869. The van der Waals surface area contributed by atoms with Gasteiger partial charge in [-0.25, -0.2) is 0 Å². The zero-order chi connectivity index (χ0) is 20.3.